The molecule has 0 aliphatic carbocycles. The molecule has 0 spiro atoms. The summed E-state index contributed by atoms with van der Waals surface area (Å²) in [5, 5.41) is 3.16. The summed E-state index contributed by atoms with van der Waals surface area (Å²) in [4.78, 5) is 12.9. The fourth-order valence-electron chi connectivity index (χ4n) is 3.07. The Balaban J connectivity index is 1.81. The van der Waals surface area contributed by atoms with E-state index in [1.807, 2.05) is 66.7 Å². The normalized spacial score (nSPS) is 12.9. The molecular formula is C23H23NO2S. The minimum Gasteiger partial charge on any atom is -0.345 e. The molecule has 3 aromatic rings. The first-order chi connectivity index (χ1) is 13.1. The maximum absolute atomic E-state index is 12.9. The van der Waals surface area contributed by atoms with Gasteiger partial charge in [0, 0.05) is 28.4 Å². The van der Waals surface area contributed by atoms with Gasteiger partial charge in [0.15, 0.2) is 0 Å². The predicted molar refractivity (Wildman–Crippen MR) is 111 cm³/mol. The van der Waals surface area contributed by atoms with Crippen LogP contribution in [0, 0.1) is 0 Å². The van der Waals surface area contributed by atoms with Crippen molar-refractivity contribution in [3.63, 3.8) is 0 Å². The molecule has 1 N–H and O–H groups in total. The van der Waals surface area contributed by atoms with Crippen LogP contribution in [0.1, 0.15) is 33.1 Å². The molecular weight excluding hydrogens is 354 g/mol. The van der Waals surface area contributed by atoms with Crippen LogP contribution >= 0.6 is 0 Å². The third-order valence-electron chi connectivity index (χ3n) is 4.35. The lowest BCUT2D eigenvalue weighted by molar-refractivity contribution is 0.0936. The number of hydrogen-bond acceptors (Lipinski definition) is 2. The second-order valence-corrected chi connectivity index (χ2v) is 7.98. The number of hydrogen-bond donors (Lipinski definition) is 1. The van der Waals surface area contributed by atoms with Crippen molar-refractivity contribution in [2.75, 3.05) is 6.26 Å². The molecule has 0 heterocycles. The van der Waals surface area contributed by atoms with Crippen LogP contribution in [0.5, 0.6) is 0 Å². The van der Waals surface area contributed by atoms with Gasteiger partial charge in [-0.2, -0.15) is 0 Å². The van der Waals surface area contributed by atoms with Gasteiger partial charge in [-0.15, -0.1) is 0 Å². The highest BCUT2D eigenvalue weighted by molar-refractivity contribution is 7.83. The van der Waals surface area contributed by atoms with Crippen molar-refractivity contribution in [2.45, 2.75) is 18.2 Å². The van der Waals surface area contributed by atoms with Crippen molar-refractivity contribution in [2.24, 2.45) is 0 Å². The maximum Gasteiger partial charge on any atom is 0.251 e. The van der Waals surface area contributed by atoms with Gasteiger partial charge < -0.3 is 5.32 Å². The molecule has 138 valence electrons. The largest absolute Gasteiger partial charge is 0.345 e. The van der Waals surface area contributed by atoms with Crippen molar-refractivity contribution in [1.29, 1.82) is 0 Å². The first-order valence-electron chi connectivity index (χ1n) is 8.90. The number of carbonyl (C=O) groups excluding carboxylic acids is 1. The van der Waals surface area contributed by atoms with Gasteiger partial charge in [-0.3, -0.25) is 9.00 Å². The molecule has 3 aromatic carbocycles. The number of nitrogens with one attached hydrogen (secondary N) is 1. The summed E-state index contributed by atoms with van der Waals surface area (Å²) in [5.41, 5.74) is 3.73. The molecule has 0 radical (unpaired) electrons. The Morgan fingerprint density at radius 3 is 2.19 bits per heavy atom. The topological polar surface area (TPSA) is 46.2 Å². The number of amides is 1. The SMILES string of the molecule is CS(=O)Cc1cccc(C(=O)NC(Cc2ccccc2)c2ccccc2)c1. The van der Waals surface area contributed by atoms with Crippen molar-refractivity contribution in [3.05, 3.63) is 107 Å². The first-order valence-corrected chi connectivity index (χ1v) is 10.6. The second kappa shape index (κ2) is 9.28. The van der Waals surface area contributed by atoms with Crippen LogP contribution in [0.3, 0.4) is 0 Å². The van der Waals surface area contributed by atoms with Crippen LogP contribution in [-0.4, -0.2) is 16.4 Å². The van der Waals surface area contributed by atoms with Crippen LogP contribution in [-0.2, 0) is 23.0 Å². The molecule has 0 fully saturated rings. The Morgan fingerprint density at radius 1 is 0.889 bits per heavy atom. The van der Waals surface area contributed by atoms with Gasteiger partial charge in [-0.1, -0.05) is 72.8 Å². The molecule has 2 unspecified atom stereocenters. The van der Waals surface area contributed by atoms with Gasteiger partial charge in [0.05, 0.1) is 6.04 Å². The lowest BCUT2D eigenvalue weighted by atomic mass is 9.98. The monoisotopic (exact) mass is 377 g/mol. The van der Waals surface area contributed by atoms with Crippen molar-refractivity contribution >= 4 is 16.7 Å². The molecule has 1 amide bonds. The minimum absolute atomic E-state index is 0.120. The highest BCUT2D eigenvalue weighted by atomic mass is 32.2. The van der Waals surface area contributed by atoms with Crippen molar-refractivity contribution in [3.8, 4) is 0 Å². The second-order valence-electron chi connectivity index (χ2n) is 6.54. The van der Waals surface area contributed by atoms with E-state index in [-0.39, 0.29) is 11.9 Å². The molecule has 3 nitrogen and oxygen atoms in total. The maximum atomic E-state index is 12.9. The van der Waals surface area contributed by atoms with Gasteiger partial charge in [-0.05, 0) is 35.2 Å². The number of benzene rings is 3. The van der Waals surface area contributed by atoms with Gasteiger partial charge in [-0.25, -0.2) is 0 Å². The van der Waals surface area contributed by atoms with Gasteiger partial charge in [0.1, 0.15) is 0 Å². The average Bonchev–Trinajstić information content (AvgIpc) is 2.68. The van der Waals surface area contributed by atoms with E-state index in [1.54, 1.807) is 12.3 Å². The zero-order valence-corrected chi connectivity index (χ0v) is 16.1. The van der Waals surface area contributed by atoms with Crippen LogP contribution in [0.4, 0.5) is 0 Å². The quantitative estimate of drug-likeness (QED) is 0.668. The molecule has 0 bridgehead atoms. The van der Waals surface area contributed by atoms with E-state index in [4.69, 9.17) is 0 Å². The van der Waals surface area contributed by atoms with Crippen LogP contribution in [0.2, 0.25) is 0 Å². The summed E-state index contributed by atoms with van der Waals surface area (Å²) >= 11 is 0. The Labute approximate surface area is 162 Å². The predicted octanol–water partition coefficient (Wildman–Crippen LogP) is 4.28. The van der Waals surface area contributed by atoms with E-state index in [9.17, 15) is 9.00 Å². The van der Waals surface area contributed by atoms with E-state index in [2.05, 4.69) is 17.4 Å². The Bertz CT molecular complexity index is 910. The van der Waals surface area contributed by atoms with Gasteiger partial charge >= 0.3 is 0 Å². The lowest BCUT2D eigenvalue weighted by Gasteiger charge is -2.20. The standard InChI is InChI=1S/C23H23NO2S/c1-27(26)17-19-11-8-14-21(15-19)23(25)24-22(20-12-6-3-7-13-20)16-18-9-4-2-5-10-18/h2-15,22H,16-17H2,1H3,(H,24,25). The van der Waals surface area contributed by atoms with Gasteiger partial charge in [0.25, 0.3) is 5.91 Å². The van der Waals surface area contributed by atoms with E-state index in [0.29, 0.717) is 11.3 Å². The first kappa shape index (κ1) is 19.1. The highest BCUT2D eigenvalue weighted by Crippen LogP contribution is 2.19. The minimum atomic E-state index is -0.937. The number of carbonyl (C=O) groups is 1. The third kappa shape index (κ3) is 5.63. The molecule has 3 rings (SSSR count). The van der Waals surface area contributed by atoms with Crippen molar-refractivity contribution in [1.82, 2.24) is 5.32 Å². The molecule has 2 atom stereocenters. The lowest BCUT2D eigenvalue weighted by Crippen LogP contribution is -2.30. The Hall–Kier alpha value is -2.72. The van der Waals surface area contributed by atoms with Crippen LogP contribution < -0.4 is 5.32 Å². The van der Waals surface area contributed by atoms with E-state index in [0.717, 1.165) is 17.5 Å². The molecule has 27 heavy (non-hydrogen) atoms. The summed E-state index contributed by atoms with van der Waals surface area (Å²) in [5.74, 6) is 0.330. The smallest absolute Gasteiger partial charge is 0.251 e. The van der Waals surface area contributed by atoms with E-state index in [1.165, 1.54) is 5.56 Å². The van der Waals surface area contributed by atoms with Crippen molar-refractivity contribution < 1.29 is 9.00 Å². The molecule has 0 saturated heterocycles. The number of rotatable bonds is 7. The fourth-order valence-corrected chi connectivity index (χ4v) is 3.71. The molecule has 0 aliphatic heterocycles. The molecule has 4 heteroatoms. The van der Waals surface area contributed by atoms with Crippen LogP contribution in [0.15, 0.2) is 84.9 Å². The Kier molecular flexibility index (Phi) is 6.55. The zero-order valence-electron chi connectivity index (χ0n) is 15.3. The van der Waals surface area contributed by atoms with E-state index < -0.39 is 10.8 Å². The summed E-state index contributed by atoms with van der Waals surface area (Å²) in [6.45, 7) is 0. The van der Waals surface area contributed by atoms with Crippen LogP contribution in [0.25, 0.3) is 0 Å². The zero-order chi connectivity index (χ0) is 19.1. The summed E-state index contributed by atoms with van der Waals surface area (Å²) < 4.78 is 11.5. The average molecular weight is 378 g/mol. The summed E-state index contributed by atoms with van der Waals surface area (Å²) in [6, 6.07) is 27.4. The summed E-state index contributed by atoms with van der Waals surface area (Å²) in [6.07, 6.45) is 2.38. The third-order valence-corrected chi connectivity index (χ3v) is 5.09. The van der Waals surface area contributed by atoms with Gasteiger partial charge in [0.2, 0.25) is 0 Å². The fraction of sp³-hybridized carbons (Fsp3) is 0.174. The highest BCUT2D eigenvalue weighted by Gasteiger charge is 2.16. The molecule has 0 aromatic heterocycles. The Morgan fingerprint density at radius 2 is 1.52 bits per heavy atom. The molecule has 0 saturated carbocycles. The molecule has 0 aliphatic rings. The summed E-state index contributed by atoms with van der Waals surface area (Å²) in [7, 11) is -0.937. The van der Waals surface area contributed by atoms with E-state index >= 15 is 0 Å².